The van der Waals surface area contributed by atoms with Gasteiger partial charge < -0.3 is 10.6 Å². The smallest absolute Gasteiger partial charge is 0.384 e. The summed E-state index contributed by atoms with van der Waals surface area (Å²) in [6.45, 7) is 0.459. The van der Waals surface area contributed by atoms with Crippen molar-refractivity contribution < 1.29 is 13.2 Å². The summed E-state index contributed by atoms with van der Waals surface area (Å²) < 4.78 is 39.9. The average molecular weight is 418 g/mol. The number of hydrogen-bond acceptors (Lipinski definition) is 4. The summed E-state index contributed by atoms with van der Waals surface area (Å²) >= 11 is 0. The van der Waals surface area contributed by atoms with Crippen molar-refractivity contribution in [3.05, 3.63) is 84.2 Å². The van der Waals surface area contributed by atoms with Crippen molar-refractivity contribution in [1.82, 2.24) is 9.97 Å². The fourth-order valence-corrected chi connectivity index (χ4v) is 3.83. The van der Waals surface area contributed by atoms with Gasteiger partial charge >= 0.3 is 6.18 Å². The second kappa shape index (κ2) is 7.12. The zero-order valence-electron chi connectivity index (χ0n) is 16.3. The first-order valence-corrected chi connectivity index (χ1v) is 9.66. The van der Waals surface area contributed by atoms with Crippen LogP contribution in [0.5, 0.6) is 0 Å². The molecule has 1 aliphatic rings. The molecule has 0 unspecified atom stereocenters. The molecule has 0 spiro atoms. The summed E-state index contributed by atoms with van der Waals surface area (Å²) in [6.07, 6.45) is 2.91. The van der Waals surface area contributed by atoms with E-state index < -0.39 is 11.7 Å². The molecule has 154 valence electrons. The van der Waals surface area contributed by atoms with Crippen molar-refractivity contribution in [3.63, 3.8) is 0 Å². The number of hydrogen-bond donors (Lipinski definition) is 1. The molecule has 0 saturated heterocycles. The number of halogens is 3. The van der Waals surface area contributed by atoms with Gasteiger partial charge in [-0.05, 0) is 48.0 Å². The molecule has 7 heteroatoms. The molecule has 4 nitrogen and oxygen atoms in total. The molecule has 31 heavy (non-hydrogen) atoms. The minimum atomic E-state index is -4.40. The van der Waals surface area contributed by atoms with E-state index in [0.717, 1.165) is 39.3 Å². The first-order valence-electron chi connectivity index (χ1n) is 9.66. The van der Waals surface area contributed by atoms with Gasteiger partial charge in [0, 0.05) is 41.1 Å². The van der Waals surface area contributed by atoms with Crippen molar-refractivity contribution in [2.24, 2.45) is 0 Å². The van der Waals surface area contributed by atoms with Crippen LogP contribution in [0.25, 0.3) is 28.1 Å². The molecule has 0 saturated carbocycles. The van der Waals surface area contributed by atoms with Gasteiger partial charge in [-0.2, -0.15) is 13.2 Å². The van der Waals surface area contributed by atoms with Gasteiger partial charge in [-0.1, -0.05) is 24.3 Å². The zero-order valence-corrected chi connectivity index (χ0v) is 16.3. The monoisotopic (exact) mass is 418 g/mol. The molecule has 2 aromatic heterocycles. The first-order chi connectivity index (χ1) is 14.9. The first kappa shape index (κ1) is 19.1. The highest BCUT2D eigenvalue weighted by Gasteiger charge is 2.31. The molecule has 0 aliphatic carbocycles. The largest absolute Gasteiger partial charge is 0.416 e. The van der Waals surface area contributed by atoms with Crippen LogP contribution in [0.2, 0.25) is 0 Å². The number of rotatable bonds is 2. The van der Waals surface area contributed by atoms with Gasteiger partial charge in [0.1, 0.15) is 5.82 Å². The molecule has 0 amide bonds. The van der Waals surface area contributed by atoms with E-state index in [1.807, 2.05) is 41.3 Å². The Labute approximate surface area is 176 Å². The van der Waals surface area contributed by atoms with E-state index in [2.05, 4.69) is 9.97 Å². The third kappa shape index (κ3) is 3.48. The Balaban J connectivity index is 1.69. The fourth-order valence-electron chi connectivity index (χ4n) is 3.83. The minimum Gasteiger partial charge on any atom is -0.384 e. The Bertz CT molecular complexity index is 1310. The van der Waals surface area contributed by atoms with Crippen LogP contribution in [-0.4, -0.2) is 16.5 Å². The molecular weight excluding hydrogens is 401 g/mol. The maximum Gasteiger partial charge on any atom is 0.416 e. The number of benzene rings is 2. The van der Waals surface area contributed by atoms with Crippen LogP contribution in [0.3, 0.4) is 0 Å². The number of anilines is 3. The molecule has 2 N–H and O–H groups in total. The highest BCUT2D eigenvalue weighted by atomic mass is 19.4. The Hall–Kier alpha value is -3.87. The van der Waals surface area contributed by atoms with Crippen LogP contribution < -0.4 is 10.6 Å². The maximum absolute atomic E-state index is 13.3. The van der Waals surface area contributed by atoms with Gasteiger partial charge in [0.2, 0.25) is 0 Å². The van der Waals surface area contributed by atoms with Gasteiger partial charge in [0.15, 0.2) is 0 Å². The van der Waals surface area contributed by atoms with Crippen molar-refractivity contribution in [2.75, 3.05) is 17.2 Å². The van der Waals surface area contributed by atoms with Crippen LogP contribution >= 0.6 is 0 Å². The van der Waals surface area contributed by atoms with Gasteiger partial charge in [-0.15, -0.1) is 0 Å². The van der Waals surface area contributed by atoms with Gasteiger partial charge in [-0.3, -0.25) is 4.98 Å². The molecule has 0 fully saturated rings. The highest BCUT2D eigenvalue weighted by molar-refractivity contribution is 6.01. The van der Waals surface area contributed by atoms with E-state index in [1.54, 1.807) is 24.5 Å². The van der Waals surface area contributed by atoms with E-state index in [0.29, 0.717) is 18.1 Å². The molecule has 0 atom stereocenters. The number of fused-ring (bicyclic) bond motifs is 3. The zero-order chi connectivity index (χ0) is 21.6. The second-order valence-corrected chi connectivity index (χ2v) is 7.33. The van der Waals surface area contributed by atoms with Crippen LogP contribution in [0.15, 0.2) is 73.1 Å². The Morgan fingerprint density at radius 1 is 0.903 bits per heavy atom. The molecule has 0 bridgehead atoms. The predicted molar refractivity (Wildman–Crippen MR) is 117 cm³/mol. The van der Waals surface area contributed by atoms with Crippen LogP contribution in [0.1, 0.15) is 11.1 Å². The molecular formula is C24H17F3N4. The third-order valence-electron chi connectivity index (χ3n) is 5.33. The van der Waals surface area contributed by atoms with E-state index >= 15 is 0 Å². The summed E-state index contributed by atoms with van der Waals surface area (Å²) in [7, 11) is 0. The number of alkyl halides is 3. The van der Waals surface area contributed by atoms with Crippen LogP contribution in [0, 0.1) is 0 Å². The van der Waals surface area contributed by atoms with Crippen molar-refractivity contribution >= 4 is 34.2 Å². The lowest BCUT2D eigenvalue weighted by atomic mass is 9.99. The van der Waals surface area contributed by atoms with Gasteiger partial charge in [0.05, 0.1) is 16.8 Å². The number of pyridine rings is 2. The summed E-state index contributed by atoms with van der Waals surface area (Å²) in [5.74, 6) is 0.435. The summed E-state index contributed by atoms with van der Waals surface area (Å²) in [5, 5.41) is 0.855. The molecule has 2 aromatic carbocycles. The fraction of sp³-hybridized carbons (Fsp3) is 0.0833. The number of nitrogens with zero attached hydrogens (tertiary/aromatic N) is 3. The number of nitrogens with two attached hydrogens (primary N) is 1. The van der Waals surface area contributed by atoms with E-state index in [4.69, 9.17) is 5.73 Å². The lowest BCUT2D eigenvalue weighted by Gasteiger charge is -2.30. The lowest BCUT2D eigenvalue weighted by Crippen LogP contribution is -2.21. The van der Waals surface area contributed by atoms with Gasteiger partial charge in [-0.25, -0.2) is 4.98 Å². The van der Waals surface area contributed by atoms with Crippen molar-refractivity contribution in [3.8, 4) is 11.1 Å². The molecule has 0 radical (unpaired) electrons. The van der Waals surface area contributed by atoms with E-state index in [-0.39, 0.29) is 0 Å². The Morgan fingerprint density at radius 3 is 2.52 bits per heavy atom. The maximum atomic E-state index is 13.3. The normalized spacial score (nSPS) is 13.5. The van der Waals surface area contributed by atoms with E-state index in [1.165, 1.54) is 12.1 Å². The highest BCUT2D eigenvalue weighted by Crippen LogP contribution is 2.40. The topological polar surface area (TPSA) is 55.0 Å². The van der Waals surface area contributed by atoms with E-state index in [9.17, 15) is 13.2 Å². The van der Waals surface area contributed by atoms with Crippen molar-refractivity contribution in [1.29, 1.82) is 0 Å². The third-order valence-corrected chi connectivity index (χ3v) is 5.33. The lowest BCUT2D eigenvalue weighted by molar-refractivity contribution is -0.137. The molecule has 3 heterocycles. The summed E-state index contributed by atoms with van der Waals surface area (Å²) in [6, 6.07) is 14.9. The average Bonchev–Trinajstić information content (AvgIpc) is 2.78. The minimum absolute atomic E-state index is 0.435. The van der Waals surface area contributed by atoms with Gasteiger partial charge in [0.25, 0.3) is 0 Å². The summed E-state index contributed by atoms with van der Waals surface area (Å²) in [4.78, 5) is 10.6. The standard InChI is InChI=1S/C24H17F3N4/c25-24(26,27)18-4-1-5-19(12-18)31-10-2-3-17-14-29-21-8-6-15(11-20(21)23(17)31)16-7-9-22(28)30-13-16/h1-9,11-14H,10H2,(H2,28,30). The second-order valence-electron chi connectivity index (χ2n) is 7.33. The Kier molecular flexibility index (Phi) is 4.39. The molecule has 4 aromatic rings. The van der Waals surface area contributed by atoms with Crippen LogP contribution in [-0.2, 0) is 6.18 Å². The van der Waals surface area contributed by atoms with Crippen molar-refractivity contribution in [2.45, 2.75) is 6.18 Å². The molecule has 5 rings (SSSR count). The molecule has 1 aliphatic heterocycles. The van der Waals surface area contributed by atoms with Crippen LogP contribution in [0.4, 0.5) is 30.4 Å². The number of nitrogen functional groups attached to an aromatic ring is 1. The Morgan fingerprint density at radius 2 is 1.74 bits per heavy atom. The SMILES string of the molecule is Nc1ccc(-c2ccc3ncc4c(c3c2)N(c2cccc(C(F)(F)F)c2)CC=C4)cn1. The summed E-state index contributed by atoms with van der Waals surface area (Å²) in [5.41, 5.74) is 9.76. The number of aromatic nitrogens is 2. The predicted octanol–water partition coefficient (Wildman–Crippen LogP) is 6.06. The quantitative estimate of drug-likeness (QED) is 0.430.